The van der Waals surface area contributed by atoms with E-state index in [1.807, 2.05) is 80.6 Å². The van der Waals surface area contributed by atoms with E-state index in [4.69, 9.17) is 4.74 Å². The molecule has 0 spiro atoms. The highest BCUT2D eigenvalue weighted by atomic mass is 16.5. The fourth-order valence-electron chi connectivity index (χ4n) is 5.46. The number of hydrogen-bond acceptors (Lipinski definition) is 4. The van der Waals surface area contributed by atoms with E-state index in [0.29, 0.717) is 17.5 Å². The van der Waals surface area contributed by atoms with Gasteiger partial charge >= 0.3 is 5.69 Å². The number of anilines is 1. The molecule has 1 unspecified atom stereocenters. The van der Waals surface area contributed by atoms with Crippen molar-refractivity contribution in [3.63, 3.8) is 0 Å². The zero-order valence-corrected chi connectivity index (χ0v) is 21.3. The molecule has 0 bridgehead atoms. The fraction of sp³-hybridized carbons (Fsp3) is 0.200. The number of benzene rings is 3. The first-order valence-electron chi connectivity index (χ1n) is 12.4. The smallest absolute Gasteiger partial charge is 0.331 e. The average Bonchev–Trinajstić information content (AvgIpc) is 3.28. The molecular formula is C30H28N4O3. The zero-order chi connectivity index (χ0) is 25.8. The van der Waals surface area contributed by atoms with Crippen molar-refractivity contribution >= 4 is 16.6 Å². The predicted molar refractivity (Wildman–Crippen MR) is 147 cm³/mol. The summed E-state index contributed by atoms with van der Waals surface area (Å²) in [6, 6.07) is 23.9. The van der Waals surface area contributed by atoms with E-state index in [1.165, 1.54) is 11.6 Å². The van der Waals surface area contributed by atoms with Gasteiger partial charge in [0.1, 0.15) is 5.75 Å². The lowest BCUT2D eigenvalue weighted by Crippen LogP contribution is -2.37. The van der Waals surface area contributed by atoms with E-state index in [9.17, 15) is 9.59 Å². The Morgan fingerprint density at radius 3 is 2.41 bits per heavy atom. The first-order valence-corrected chi connectivity index (χ1v) is 12.4. The summed E-state index contributed by atoms with van der Waals surface area (Å²) in [5, 5.41) is 4.21. The SMILES string of the molecule is CCOc1ccc(C2Nc3ccccc3-n3c(-c4cccc(C)c4)c4c(=O)n(C)c(=O)n(C)c4c32)cc1. The number of aryl methyl sites for hydroxylation is 2. The number of rotatable bonds is 4. The number of nitrogens with zero attached hydrogens (tertiary/aromatic N) is 3. The van der Waals surface area contributed by atoms with Crippen molar-refractivity contribution in [3.05, 3.63) is 110 Å². The molecule has 0 saturated carbocycles. The first-order chi connectivity index (χ1) is 17.9. The molecule has 7 heteroatoms. The summed E-state index contributed by atoms with van der Waals surface area (Å²) in [6.07, 6.45) is 0. The monoisotopic (exact) mass is 492 g/mol. The van der Waals surface area contributed by atoms with Gasteiger partial charge in [-0.2, -0.15) is 0 Å². The van der Waals surface area contributed by atoms with Crippen LogP contribution in [0.15, 0.2) is 82.4 Å². The van der Waals surface area contributed by atoms with Crippen LogP contribution in [0.4, 0.5) is 5.69 Å². The largest absolute Gasteiger partial charge is 0.494 e. The molecule has 1 N–H and O–H groups in total. The molecule has 0 radical (unpaired) electrons. The molecular weight excluding hydrogens is 464 g/mol. The minimum Gasteiger partial charge on any atom is -0.494 e. The number of hydrogen-bond donors (Lipinski definition) is 1. The van der Waals surface area contributed by atoms with Crippen LogP contribution in [0.5, 0.6) is 5.75 Å². The van der Waals surface area contributed by atoms with Gasteiger partial charge in [0.2, 0.25) is 0 Å². The van der Waals surface area contributed by atoms with Crippen LogP contribution in [-0.2, 0) is 14.1 Å². The van der Waals surface area contributed by atoms with Crippen molar-refractivity contribution in [1.82, 2.24) is 13.7 Å². The molecule has 2 aromatic heterocycles. The first kappa shape index (κ1) is 22.9. The van der Waals surface area contributed by atoms with Crippen LogP contribution in [0.1, 0.15) is 29.8 Å². The normalized spacial score (nSPS) is 14.2. The van der Waals surface area contributed by atoms with E-state index in [-0.39, 0.29) is 17.3 Å². The molecule has 0 amide bonds. The molecule has 0 saturated heterocycles. The Kier molecular flexibility index (Phi) is 5.30. The average molecular weight is 493 g/mol. The molecule has 3 heterocycles. The molecule has 1 aliphatic heterocycles. The Hall–Kier alpha value is -4.52. The third kappa shape index (κ3) is 3.42. The van der Waals surface area contributed by atoms with E-state index >= 15 is 0 Å². The maximum atomic E-state index is 13.8. The highest BCUT2D eigenvalue weighted by Gasteiger charge is 2.34. The van der Waals surface area contributed by atoms with Crippen LogP contribution in [0.25, 0.3) is 27.8 Å². The summed E-state index contributed by atoms with van der Waals surface area (Å²) in [4.78, 5) is 26.9. The minimum atomic E-state index is -0.356. The van der Waals surface area contributed by atoms with Crippen molar-refractivity contribution in [1.29, 1.82) is 0 Å². The van der Waals surface area contributed by atoms with Gasteiger partial charge < -0.3 is 14.6 Å². The number of aromatic nitrogens is 3. The van der Waals surface area contributed by atoms with E-state index in [1.54, 1.807) is 11.6 Å². The highest BCUT2D eigenvalue weighted by molar-refractivity contribution is 5.99. The molecule has 1 atom stereocenters. The molecule has 0 aliphatic carbocycles. The molecule has 7 nitrogen and oxygen atoms in total. The minimum absolute atomic E-state index is 0.302. The second kappa shape index (κ2) is 8.55. The van der Waals surface area contributed by atoms with Crippen molar-refractivity contribution in [2.75, 3.05) is 11.9 Å². The van der Waals surface area contributed by atoms with Crippen molar-refractivity contribution in [2.24, 2.45) is 14.1 Å². The molecule has 1 aliphatic rings. The summed E-state index contributed by atoms with van der Waals surface area (Å²) < 4.78 is 10.6. The Labute approximate surface area is 214 Å². The Morgan fingerprint density at radius 1 is 0.919 bits per heavy atom. The van der Waals surface area contributed by atoms with Gasteiger partial charge in [0.25, 0.3) is 5.56 Å². The molecule has 6 rings (SSSR count). The van der Waals surface area contributed by atoms with E-state index in [0.717, 1.165) is 45.2 Å². The van der Waals surface area contributed by atoms with Gasteiger partial charge in [-0.15, -0.1) is 0 Å². The second-order valence-corrected chi connectivity index (χ2v) is 9.46. The van der Waals surface area contributed by atoms with Crippen molar-refractivity contribution in [3.8, 4) is 22.7 Å². The van der Waals surface area contributed by atoms with Gasteiger partial charge in [-0.25, -0.2) is 4.79 Å². The van der Waals surface area contributed by atoms with E-state index in [2.05, 4.69) is 16.0 Å². The summed E-state index contributed by atoms with van der Waals surface area (Å²) in [5.74, 6) is 0.796. The number of nitrogens with one attached hydrogen (secondary N) is 1. The van der Waals surface area contributed by atoms with Crippen LogP contribution < -0.4 is 21.3 Å². The topological polar surface area (TPSA) is 70.2 Å². The van der Waals surface area contributed by atoms with Gasteiger partial charge in [0.15, 0.2) is 0 Å². The standard InChI is InChI=1S/C30H28N4O3/c1-5-37-21-15-13-19(14-16-21)25-28-27-24(29(35)33(4)30(36)32(27)3)26(20-10-8-9-18(2)17-20)34(28)23-12-7-6-11-22(23)31-25/h6-17,25,31H,5H2,1-4H3. The van der Waals surface area contributed by atoms with Gasteiger partial charge in [-0.05, 0) is 55.3 Å². The highest BCUT2D eigenvalue weighted by Crippen LogP contribution is 2.45. The fourth-order valence-corrected chi connectivity index (χ4v) is 5.46. The van der Waals surface area contributed by atoms with Crippen molar-refractivity contribution < 1.29 is 4.74 Å². The van der Waals surface area contributed by atoms with Gasteiger partial charge in [0, 0.05) is 14.1 Å². The third-order valence-corrected chi connectivity index (χ3v) is 7.14. The quantitative estimate of drug-likeness (QED) is 0.387. The third-order valence-electron chi connectivity index (χ3n) is 7.14. The molecule has 186 valence electrons. The van der Waals surface area contributed by atoms with Crippen LogP contribution in [0.2, 0.25) is 0 Å². The maximum Gasteiger partial charge on any atom is 0.331 e. The molecule has 0 fully saturated rings. The summed E-state index contributed by atoms with van der Waals surface area (Å²) >= 11 is 0. The van der Waals surface area contributed by atoms with Gasteiger partial charge in [-0.3, -0.25) is 13.9 Å². The Balaban J connectivity index is 1.79. The lowest BCUT2D eigenvalue weighted by Gasteiger charge is -2.31. The lowest BCUT2D eigenvalue weighted by molar-refractivity contribution is 0.340. The van der Waals surface area contributed by atoms with Crippen LogP contribution in [-0.4, -0.2) is 20.3 Å². The molecule has 3 aromatic carbocycles. The molecule has 5 aromatic rings. The summed E-state index contributed by atoms with van der Waals surface area (Å²) in [6.45, 7) is 4.59. The maximum absolute atomic E-state index is 13.8. The Bertz CT molecular complexity index is 1790. The van der Waals surface area contributed by atoms with Crippen LogP contribution in [0, 0.1) is 6.92 Å². The zero-order valence-electron chi connectivity index (χ0n) is 21.3. The van der Waals surface area contributed by atoms with Crippen LogP contribution >= 0.6 is 0 Å². The van der Waals surface area contributed by atoms with Gasteiger partial charge in [0.05, 0.1) is 46.3 Å². The molecule has 37 heavy (non-hydrogen) atoms. The lowest BCUT2D eigenvalue weighted by atomic mass is 9.99. The summed E-state index contributed by atoms with van der Waals surface area (Å²) in [7, 11) is 3.28. The predicted octanol–water partition coefficient (Wildman–Crippen LogP) is 4.92. The second-order valence-electron chi connectivity index (χ2n) is 9.46. The van der Waals surface area contributed by atoms with Crippen LogP contribution in [0.3, 0.4) is 0 Å². The van der Waals surface area contributed by atoms with E-state index < -0.39 is 0 Å². The number of ether oxygens (including phenoxy) is 1. The number of para-hydroxylation sites is 2. The Morgan fingerprint density at radius 2 is 1.68 bits per heavy atom. The van der Waals surface area contributed by atoms with Crippen molar-refractivity contribution in [2.45, 2.75) is 19.9 Å². The number of fused-ring (bicyclic) bond motifs is 5. The van der Waals surface area contributed by atoms with Gasteiger partial charge in [-0.1, -0.05) is 48.0 Å². The summed E-state index contributed by atoms with van der Waals surface area (Å²) in [5.41, 5.74) is 6.51.